The smallest absolute Gasteiger partial charge is 0.341 e. The van der Waals surface area contributed by atoms with E-state index >= 15 is 0 Å². The molecule has 290 valence electrons. The molecule has 1 aliphatic rings. The van der Waals surface area contributed by atoms with Crippen molar-refractivity contribution < 1.29 is 42.8 Å². The monoisotopic (exact) mass is 767 g/mol. The molecule has 0 aliphatic carbocycles. The van der Waals surface area contributed by atoms with Gasteiger partial charge in [0.05, 0.1) is 43.6 Å². The SMILES string of the molecule is CCCCC#Cc1ccccc1C(=O)OC1OC[C@@H](OCc2ccc3ccccc3c2)[C@H](OC(=O)c2ccc(OC)cc2)[C@H]1OC(=O)c1ccc(CN=[N+]=[N-])cc1. The van der Waals surface area contributed by atoms with Crippen molar-refractivity contribution in [2.75, 3.05) is 13.7 Å². The average molecular weight is 768 g/mol. The van der Waals surface area contributed by atoms with Gasteiger partial charge in [-0.1, -0.05) is 91.0 Å². The van der Waals surface area contributed by atoms with Crippen LogP contribution in [0.1, 0.15) is 74.0 Å². The lowest BCUT2D eigenvalue weighted by molar-refractivity contribution is -0.260. The molecule has 0 saturated carbocycles. The molecule has 1 unspecified atom stereocenters. The Morgan fingerprint density at radius 3 is 2.18 bits per heavy atom. The Bertz CT molecular complexity index is 2290. The second kappa shape index (κ2) is 19.8. The molecule has 5 aromatic carbocycles. The number of esters is 3. The fourth-order valence-electron chi connectivity index (χ4n) is 6.12. The minimum atomic E-state index is -1.53. The molecule has 1 heterocycles. The Kier molecular flexibility index (Phi) is 13.9. The van der Waals surface area contributed by atoms with E-state index in [2.05, 4.69) is 28.8 Å². The normalized spacial score (nSPS) is 17.3. The van der Waals surface area contributed by atoms with Gasteiger partial charge in [0.25, 0.3) is 0 Å². The number of methoxy groups -OCH3 is 1. The van der Waals surface area contributed by atoms with Crippen LogP contribution >= 0.6 is 0 Å². The minimum Gasteiger partial charge on any atom is -0.497 e. The van der Waals surface area contributed by atoms with Crippen molar-refractivity contribution in [1.82, 2.24) is 0 Å². The van der Waals surface area contributed by atoms with Crippen LogP contribution in [0.2, 0.25) is 0 Å². The van der Waals surface area contributed by atoms with Crippen LogP contribution in [0.4, 0.5) is 0 Å². The van der Waals surface area contributed by atoms with Gasteiger partial charge in [-0.05, 0) is 88.4 Å². The zero-order valence-corrected chi connectivity index (χ0v) is 31.5. The number of benzene rings is 5. The first-order valence-electron chi connectivity index (χ1n) is 18.5. The molecule has 0 bridgehead atoms. The molecule has 4 atom stereocenters. The Morgan fingerprint density at radius 1 is 0.789 bits per heavy atom. The molecule has 0 spiro atoms. The summed E-state index contributed by atoms with van der Waals surface area (Å²) in [5, 5.41) is 5.63. The second-order valence-electron chi connectivity index (χ2n) is 13.1. The number of fused-ring (bicyclic) bond motifs is 1. The lowest BCUT2D eigenvalue weighted by Crippen LogP contribution is -2.58. The third-order valence-electron chi connectivity index (χ3n) is 9.23. The average Bonchev–Trinajstić information content (AvgIpc) is 3.25. The van der Waals surface area contributed by atoms with E-state index in [1.807, 2.05) is 42.5 Å². The molecule has 0 radical (unpaired) electrons. The van der Waals surface area contributed by atoms with E-state index < -0.39 is 42.5 Å². The van der Waals surface area contributed by atoms with Gasteiger partial charge in [0.1, 0.15) is 11.9 Å². The van der Waals surface area contributed by atoms with Gasteiger partial charge in [0.2, 0.25) is 12.4 Å². The van der Waals surface area contributed by atoms with Crippen molar-refractivity contribution in [3.05, 3.63) is 159 Å². The summed E-state index contributed by atoms with van der Waals surface area (Å²) < 4.78 is 35.9. The standard InChI is InChI=1S/C45H41N3O9/c1-3-4-5-6-12-33-13-9-10-15-38(33)44(51)57-45-41(56-43(50)34-20-16-30(17-21-34)27-47-48-46)40(55-42(49)35-22-24-37(52-2)25-23-35)39(29-54-45)53-28-31-18-19-32-11-7-8-14-36(32)26-31/h7-11,13-26,39-41,45H,3-5,27-29H2,1-2H3/t39-,40+,41-,45?/m1/s1. The number of azide groups is 1. The predicted octanol–water partition coefficient (Wildman–Crippen LogP) is 8.75. The Hall–Kier alpha value is -6.64. The summed E-state index contributed by atoms with van der Waals surface area (Å²) in [4.78, 5) is 44.3. The van der Waals surface area contributed by atoms with Gasteiger partial charge in [0.15, 0.2) is 6.10 Å². The van der Waals surface area contributed by atoms with Gasteiger partial charge in [-0.25, -0.2) is 14.4 Å². The van der Waals surface area contributed by atoms with Crippen molar-refractivity contribution in [2.45, 2.75) is 63.9 Å². The zero-order valence-electron chi connectivity index (χ0n) is 31.5. The van der Waals surface area contributed by atoms with Crippen LogP contribution in [0.5, 0.6) is 5.75 Å². The van der Waals surface area contributed by atoms with E-state index in [4.69, 9.17) is 34.0 Å². The molecule has 5 aromatic rings. The molecule has 1 aliphatic heterocycles. The molecule has 0 aromatic heterocycles. The Labute approximate surface area is 330 Å². The van der Waals surface area contributed by atoms with E-state index in [9.17, 15) is 14.4 Å². The van der Waals surface area contributed by atoms with Crippen molar-refractivity contribution in [1.29, 1.82) is 0 Å². The van der Waals surface area contributed by atoms with Crippen LogP contribution in [0.3, 0.4) is 0 Å². The number of rotatable bonds is 14. The fourth-order valence-corrected chi connectivity index (χ4v) is 6.12. The highest BCUT2D eigenvalue weighted by atomic mass is 16.7. The van der Waals surface area contributed by atoms with Crippen molar-refractivity contribution >= 4 is 28.7 Å². The van der Waals surface area contributed by atoms with Crippen LogP contribution in [-0.2, 0) is 36.8 Å². The summed E-state index contributed by atoms with van der Waals surface area (Å²) in [5.74, 6) is 4.35. The number of unbranched alkanes of at least 4 members (excludes halogenated alkanes) is 2. The van der Waals surface area contributed by atoms with Crippen LogP contribution in [0, 0.1) is 11.8 Å². The molecule has 0 N–H and O–H groups in total. The summed E-state index contributed by atoms with van der Waals surface area (Å²) >= 11 is 0. The molecule has 0 amide bonds. The first kappa shape index (κ1) is 40.0. The van der Waals surface area contributed by atoms with Crippen LogP contribution < -0.4 is 4.74 Å². The first-order chi connectivity index (χ1) is 27.9. The highest BCUT2D eigenvalue weighted by Crippen LogP contribution is 2.29. The first-order valence-corrected chi connectivity index (χ1v) is 18.5. The van der Waals surface area contributed by atoms with Gasteiger partial charge in [-0.3, -0.25) is 0 Å². The van der Waals surface area contributed by atoms with Crippen molar-refractivity contribution in [3.8, 4) is 17.6 Å². The van der Waals surface area contributed by atoms with Crippen molar-refractivity contribution in [2.24, 2.45) is 5.11 Å². The van der Waals surface area contributed by atoms with Crippen LogP contribution in [-0.4, -0.2) is 56.2 Å². The van der Waals surface area contributed by atoms with Crippen LogP contribution in [0.25, 0.3) is 21.2 Å². The summed E-state index contributed by atoms with van der Waals surface area (Å²) in [7, 11) is 1.51. The molecule has 12 heteroatoms. The molecule has 1 saturated heterocycles. The van der Waals surface area contributed by atoms with Gasteiger partial charge in [0, 0.05) is 16.9 Å². The highest BCUT2D eigenvalue weighted by Gasteiger charge is 2.49. The van der Waals surface area contributed by atoms with Crippen LogP contribution in [0.15, 0.2) is 120 Å². The Morgan fingerprint density at radius 2 is 1.46 bits per heavy atom. The zero-order chi connectivity index (χ0) is 40.0. The van der Waals surface area contributed by atoms with E-state index in [1.54, 1.807) is 60.7 Å². The summed E-state index contributed by atoms with van der Waals surface area (Å²) in [5.41, 5.74) is 11.2. The lowest BCUT2D eigenvalue weighted by Gasteiger charge is -2.40. The number of ether oxygens (including phenoxy) is 6. The minimum absolute atomic E-state index is 0.0877. The molecular formula is C45H41N3O9. The molecule has 1 fully saturated rings. The molecule has 6 rings (SSSR count). The summed E-state index contributed by atoms with van der Waals surface area (Å²) in [6, 6.07) is 33.2. The highest BCUT2D eigenvalue weighted by molar-refractivity contribution is 5.93. The Balaban J connectivity index is 1.33. The van der Waals surface area contributed by atoms with E-state index in [0.717, 1.165) is 29.2 Å². The van der Waals surface area contributed by atoms with Crippen molar-refractivity contribution in [3.63, 3.8) is 0 Å². The van der Waals surface area contributed by atoms with Gasteiger partial charge >= 0.3 is 17.9 Å². The number of hydrogen-bond acceptors (Lipinski definition) is 10. The number of carbonyl (C=O) groups excluding carboxylic acids is 3. The summed E-state index contributed by atoms with van der Waals surface area (Å²) in [6.45, 7) is 2.07. The lowest BCUT2D eigenvalue weighted by atomic mass is 10.0. The quantitative estimate of drug-likeness (QED) is 0.0205. The molecule has 57 heavy (non-hydrogen) atoms. The molecular weight excluding hydrogens is 727 g/mol. The fraction of sp³-hybridized carbons (Fsp3) is 0.267. The second-order valence-corrected chi connectivity index (χ2v) is 13.1. The summed E-state index contributed by atoms with van der Waals surface area (Å²) in [6.07, 6.45) is -2.75. The largest absolute Gasteiger partial charge is 0.497 e. The number of nitrogens with zero attached hydrogens (tertiary/aromatic N) is 3. The third-order valence-corrected chi connectivity index (χ3v) is 9.23. The maximum absolute atomic E-state index is 13.9. The molecule has 12 nitrogen and oxygen atoms in total. The number of hydrogen-bond donors (Lipinski definition) is 0. The van der Waals surface area contributed by atoms with Gasteiger partial charge in [-0.15, -0.1) is 0 Å². The van der Waals surface area contributed by atoms with E-state index in [1.165, 1.54) is 19.2 Å². The number of carbonyl (C=O) groups is 3. The third kappa shape index (κ3) is 10.6. The topological polar surface area (TPSA) is 155 Å². The van der Waals surface area contributed by atoms with Gasteiger partial charge < -0.3 is 28.4 Å². The van der Waals surface area contributed by atoms with E-state index in [0.29, 0.717) is 23.3 Å². The maximum Gasteiger partial charge on any atom is 0.341 e. The van der Waals surface area contributed by atoms with E-state index in [-0.39, 0.29) is 36.4 Å². The predicted molar refractivity (Wildman–Crippen MR) is 211 cm³/mol. The maximum atomic E-state index is 13.9. The van der Waals surface area contributed by atoms with Gasteiger partial charge in [-0.2, -0.15) is 0 Å².